The topological polar surface area (TPSA) is 17.1 Å². The molecule has 1 aromatic carbocycles. The normalized spacial score (nSPS) is 10.4. The number of halogens is 1. The van der Waals surface area contributed by atoms with Crippen molar-refractivity contribution < 1.29 is 4.79 Å². The molecule has 0 unspecified atom stereocenters. The van der Waals surface area contributed by atoms with Gasteiger partial charge in [-0.15, -0.1) is 11.3 Å². The molecule has 0 aliphatic rings. The van der Waals surface area contributed by atoms with Crippen LogP contribution in [0.25, 0.3) is 0 Å². The van der Waals surface area contributed by atoms with Crippen LogP contribution in [-0.2, 0) is 0 Å². The molecule has 1 aromatic heterocycles. The Hall–Kier alpha value is -1.12. The zero-order chi connectivity index (χ0) is 11.7. The van der Waals surface area contributed by atoms with E-state index in [0.29, 0.717) is 10.6 Å². The minimum absolute atomic E-state index is 0.00630. The number of carbonyl (C=O) groups excluding carboxylic acids is 1. The van der Waals surface area contributed by atoms with Gasteiger partial charge in [0.25, 0.3) is 0 Å². The molecule has 0 fully saturated rings. The van der Waals surface area contributed by atoms with Gasteiger partial charge < -0.3 is 0 Å². The first-order valence-electron chi connectivity index (χ1n) is 4.96. The molecular formula is C13H11ClOS. The molecule has 2 aromatic rings. The molecule has 0 saturated heterocycles. The number of rotatable bonds is 2. The van der Waals surface area contributed by atoms with Gasteiger partial charge in [-0.1, -0.05) is 23.7 Å². The van der Waals surface area contributed by atoms with Crippen molar-refractivity contribution in [2.24, 2.45) is 0 Å². The number of hydrogen-bond acceptors (Lipinski definition) is 2. The molecule has 1 nitrogen and oxygen atoms in total. The summed E-state index contributed by atoms with van der Waals surface area (Å²) < 4.78 is 0. The molecule has 0 radical (unpaired) electrons. The maximum absolute atomic E-state index is 12.2. The first-order chi connectivity index (χ1) is 7.59. The molecule has 0 saturated carbocycles. The molecule has 0 aliphatic heterocycles. The molecule has 0 amide bonds. The summed E-state index contributed by atoms with van der Waals surface area (Å²) in [4.78, 5) is 14.0. The maximum Gasteiger partial charge on any atom is 0.204 e. The van der Waals surface area contributed by atoms with Gasteiger partial charge in [0, 0.05) is 10.4 Å². The number of benzene rings is 1. The van der Waals surface area contributed by atoms with Gasteiger partial charge in [-0.3, -0.25) is 4.79 Å². The van der Waals surface area contributed by atoms with Gasteiger partial charge >= 0.3 is 0 Å². The summed E-state index contributed by atoms with van der Waals surface area (Å²) in [5, 5.41) is 0.554. The van der Waals surface area contributed by atoms with E-state index in [0.717, 1.165) is 15.3 Å². The van der Waals surface area contributed by atoms with Gasteiger partial charge in [-0.05, 0) is 37.6 Å². The number of thiophene rings is 1. The van der Waals surface area contributed by atoms with Crippen LogP contribution in [0.2, 0.25) is 5.02 Å². The van der Waals surface area contributed by atoms with Crippen LogP contribution in [0.3, 0.4) is 0 Å². The molecule has 82 valence electrons. The van der Waals surface area contributed by atoms with E-state index in [1.165, 1.54) is 11.3 Å². The van der Waals surface area contributed by atoms with Gasteiger partial charge in [0.15, 0.2) is 0 Å². The average molecular weight is 251 g/mol. The third-order valence-corrected chi connectivity index (χ3v) is 3.90. The lowest BCUT2D eigenvalue weighted by Crippen LogP contribution is -2.00. The molecule has 2 rings (SSSR count). The average Bonchev–Trinajstić information content (AvgIpc) is 2.68. The molecule has 0 spiro atoms. The fourth-order valence-corrected chi connectivity index (χ4v) is 2.55. The van der Waals surface area contributed by atoms with Gasteiger partial charge in [0.1, 0.15) is 0 Å². The molecule has 1 heterocycles. The highest BCUT2D eigenvalue weighted by Crippen LogP contribution is 2.25. The second-order valence-electron chi connectivity index (χ2n) is 3.68. The van der Waals surface area contributed by atoms with Crippen molar-refractivity contribution in [3.05, 3.63) is 56.2 Å². The Bertz CT molecular complexity index is 543. The van der Waals surface area contributed by atoms with Gasteiger partial charge in [-0.2, -0.15) is 0 Å². The van der Waals surface area contributed by atoms with Crippen LogP contribution in [0, 0.1) is 13.8 Å². The Kier molecular flexibility index (Phi) is 3.13. The predicted octanol–water partition coefficient (Wildman–Crippen LogP) is 4.25. The van der Waals surface area contributed by atoms with Crippen molar-refractivity contribution in [2.75, 3.05) is 0 Å². The smallest absolute Gasteiger partial charge is 0.204 e. The monoisotopic (exact) mass is 250 g/mol. The summed E-state index contributed by atoms with van der Waals surface area (Å²) in [6.07, 6.45) is 0. The standard InChI is InChI=1S/C13H11ClOS/c1-8-4-3-5-10(12(8)14)13(15)11-7-6-9(2)16-11/h3-7H,1-2H3. The van der Waals surface area contributed by atoms with Crippen LogP contribution in [-0.4, -0.2) is 5.78 Å². The third-order valence-electron chi connectivity index (χ3n) is 2.40. The van der Waals surface area contributed by atoms with E-state index in [4.69, 9.17) is 11.6 Å². The molecule has 0 atom stereocenters. The summed E-state index contributed by atoms with van der Waals surface area (Å²) in [6, 6.07) is 9.32. The second-order valence-corrected chi connectivity index (χ2v) is 5.34. The summed E-state index contributed by atoms with van der Waals surface area (Å²) in [5.74, 6) is 0.00630. The molecule has 16 heavy (non-hydrogen) atoms. The van der Waals surface area contributed by atoms with Crippen molar-refractivity contribution in [3.8, 4) is 0 Å². The minimum atomic E-state index is 0.00630. The van der Waals surface area contributed by atoms with Crippen molar-refractivity contribution in [2.45, 2.75) is 13.8 Å². The van der Waals surface area contributed by atoms with Crippen molar-refractivity contribution in [1.82, 2.24) is 0 Å². The number of ketones is 1. The highest BCUT2D eigenvalue weighted by molar-refractivity contribution is 7.14. The van der Waals surface area contributed by atoms with E-state index in [1.807, 2.05) is 38.1 Å². The summed E-state index contributed by atoms with van der Waals surface area (Å²) in [5.41, 5.74) is 1.52. The van der Waals surface area contributed by atoms with Crippen LogP contribution < -0.4 is 0 Å². The Morgan fingerprint density at radius 3 is 2.56 bits per heavy atom. The first-order valence-corrected chi connectivity index (χ1v) is 6.15. The van der Waals surface area contributed by atoms with Crippen molar-refractivity contribution >= 4 is 28.7 Å². The Labute approximate surface area is 104 Å². The van der Waals surface area contributed by atoms with E-state index in [9.17, 15) is 4.79 Å². The SMILES string of the molecule is Cc1ccc(C(=O)c2cccc(C)c2Cl)s1. The number of carbonyl (C=O) groups is 1. The molecule has 0 bridgehead atoms. The highest BCUT2D eigenvalue weighted by atomic mass is 35.5. The largest absolute Gasteiger partial charge is 0.288 e. The van der Waals surface area contributed by atoms with E-state index in [-0.39, 0.29) is 5.78 Å². The zero-order valence-electron chi connectivity index (χ0n) is 9.08. The molecular weight excluding hydrogens is 240 g/mol. The Morgan fingerprint density at radius 1 is 1.19 bits per heavy atom. The fraction of sp³-hybridized carbons (Fsp3) is 0.154. The molecule has 3 heteroatoms. The van der Waals surface area contributed by atoms with Crippen molar-refractivity contribution in [1.29, 1.82) is 0 Å². The summed E-state index contributed by atoms with van der Waals surface area (Å²) >= 11 is 7.63. The lowest BCUT2D eigenvalue weighted by atomic mass is 10.1. The molecule has 0 N–H and O–H groups in total. The second kappa shape index (κ2) is 4.40. The highest BCUT2D eigenvalue weighted by Gasteiger charge is 2.15. The van der Waals surface area contributed by atoms with E-state index >= 15 is 0 Å². The quantitative estimate of drug-likeness (QED) is 0.729. The van der Waals surface area contributed by atoms with E-state index in [2.05, 4.69) is 0 Å². The summed E-state index contributed by atoms with van der Waals surface area (Å²) in [6.45, 7) is 3.89. The van der Waals surface area contributed by atoms with Crippen molar-refractivity contribution in [3.63, 3.8) is 0 Å². The number of hydrogen-bond donors (Lipinski definition) is 0. The lowest BCUT2D eigenvalue weighted by Gasteiger charge is -2.03. The fourth-order valence-electron chi connectivity index (χ4n) is 1.51. The molecule has 0 aliphatic carbocycles. The van der Waals surface area contributed by atoms with E-state index < -0.39 is 0 Å². The first kappa shape index (κ1) is 11.4. The Morgan fingerprint density at radius 2 is 1.94 bits per heavy atom. The van der Waals surface area contributed by atoms with Crippen LogP contribution >= 0.6 is 22.9 Å². The third kappa shape index (κ3) is 2.04. The Balaban J connectivity index is 2.45. The van der Waals surface area contributed by atoms with Gasteiger partial charge in [-0.25, -0.2) is 0 Å². The van der Waals surface area contributed by atoms with Crippen LogP contribution in [0.15, 0.2) is 30.3 Å². The van der Waals surface area contributed by atoms with Crippen LogP contribution in [0.4, 0.5) is 0 Å². The minimum Gasteiger partial charge on any atom is -0.288 e. The maximum atomic E-state index is 12.2. The van der Waals surface area contributed by atoms with Gasteiger partial charge in [0.2, 0.25) is 5.78 Å². The van der Waals surface area contributed by atoms with E-state index in [1.54, 1.807) is 6.07 Å². The lowest BCUT2D eigenvalue weighted by molar-refractivity contribution is 0.104. The van der Waals surface area contributed by atoms with Crippen LogP contribution in [0.5, 0.6) is 0 Å². The van der Waals surface area contributed by atoms with Crippen LogP contribution in [0.1, 0.15) is 25.7 Å². The number of aryl methyl sites for hydroxylation is 2. The summed E-state index contributed by atoms with van der Waals surface area (Å²) in [7, 11) is 0. The zero-order valence-corrected chi connectivity index (χ0v) is 10.7. The van der Waals surface area contributed by atoms with Gasteiger partial charge in [0.05, 0.1) is 9.90 Å². The predicted molar refractivity (Wildman–Crippen MR) is 68.7 cm³/mol.